The van der Waals surface area contributed by atoms with Gasteiger partial charge in [0.2, 0.25) is 0 Å². The maximum atomic E-state index is 11.8. The molecular formula is C11H18Br2O. The van der Waals surface area contributed by atoms with E-state index in [-0.39, 0.29) is 5.41 Å². The van der Waals surface area contributed by atoms with Gasteiger partial charge in [-0.15, -0.1) is 0 Å². The van der Waals surface area contributed by atoms with Gasteiger partial charge in [0.15, 0.2) is 5.78 Å². The molecule has 82 valence electrons. The Hall–Kier alpha value is 0.630. The molecular weight excluding hydrogens is 308 g/mol. The molecule has 0 aromatic rings. The summed E-state index contributed by atoms with van der Waals surface area (Å²) in [4.78, 5) is 11.8. The van der Waals surface area contributed by atoms with E-state index in [1.165, 1.54) is 25.7 Å². The van der Waals surface area contributed by atoms with Gasteiger partial charge < -0.3 is 0 Å². The average molecular weight is 326 g/mol. The van der Waals surface area contributed by atoms with Crippen molar-refractivity contribution in [2.45, 2.75) is 55.6 Å². The van der Waals surface area contributed by atoms with Crippen LogP contribution in [0.15, 0.2) is 0 Å². The summed E-state index contributed by atoms with van der Waals surface area (Å²) in [7, 11) is 0. The third-order valence-electron chi connectivity index (χ3n) is 3.07. The zero-order valence-electron chi connectivity index (χ0n) is 8.91. The zero-order chi connectivity index (χ0) is 10.8. The fourth-order valence-corrected chi connectivity index (χ4v) is 4.32. The minimum atomic E-state index is -0.403. The van der Waals surface area contributed by atoms with Crippen LogP contribution in [0.25, 0.3) is 0 Å². The van der Waals surface area contributed by atoms with Gasteiger partial charge >= 0.3 is 0 Å². The van der Waals surface area contributed by atoms with Gasteiger partial charge in [0.1, 0.15) is 3.23 Å². The Balaban J connectivity index is 2.29. The second-order valence-corrected chi connectivity index (χ2v) is 8.35. The third kappa shape index (κ3) is 2.60. The molecule has 1 saturated carbocycles. The average Bonchev–Trinajstić information content (AvgIpc) is 2.11. The summed E-state index contributed by atoms with van der Waals surface area (Å²) in [6, 6.07) is 0. The molecule has 1 unspecified atom stereocenters. The van der Waals surface area contributed by atoms with Crippen LogP contribution < -0.4 is 0 Å². The number of unbranched alkanes of at least 4 members (excludes halogenated alkanes) is 3. The smallest absolute Gasteiger partial charge is 0.166 e. The first-order valence-corrected chi connectivity index (χ1v) is 6.94. The molecule has 0 aromatic carbocycles. The molecule has 0 heterocycles. The van der Waals surface area contributed by atoms with Crippen molar-refractivity contribution in [3.8, 4) is 0 Å². The Bertz CT molecular complexity index is 225. The second-order valence-electron chi connectivity index (χ2n) is 4.58. The maximum absolute atomic E-state index is 11.8. The van der Waals surface area contributed by atoms with Crippen molar-refractivity contribution >= 4 is 37.6 Å². The minimum Gasteiger partial charge on any atom is -0.297 e. The van der Waals surface area contributed by atoms with Crippen LogP contribution in [0.4, 0.5) is 0 Å². The molecule has 0 aromatic heterocycles. The first-order chi connectivity index (χ1) is 6.42. The van der Waals surface area contributed by atoms with Crippen LogP contribution >= 0.6 is 31.9 Å². The molecule has 1 rings (SSSR count). The Morgan fingerprint density at radius 1 is 1.29 bits per heavy atom. The Morgan fingerprint density at radius 2 is 1.93 bits per heavy atom. The van der Waals surface area contributed by atoms with Crippen molar-refractivity contribution in [2.75, 3.05) is 0 Å². The standard InChI is InChI=1S/C11H18Br2O/c1-3-4-5-6-7-10(2)8-11(12,13)9(10)14/h3-8H2,1-2H3. The monoisotopic (exact) mass is 324 g/mol. The molecule has 14 heavy (non-hydrogen) atoms. The minimum absolute atomic E-state index is 0.0687. The highest BCUT2D eigenvalue weighted by molar-refractivity contribution is 9.26. The largest absolute Gasteiger partial charge is 0.297 e. The van der Waals surface area contributed by atoms with Gasteiger partial charge in [-0.3, -0.25) is 4.79 Å². The fourth-order valence-electron chi connectivity index (χ4n) is 2.13. The highest BCUT2D eigenvalue weighted by atomic mass is 79.9. The van der Waals surface area contributed by atoms with E-state index in [2.05, 4.69) is 45.7 Å². The van der Waals surface area contributed by atoms with Crippen LogP contribution in [-0.4, -0.2) is 9.02 Å². The van der Waals surface area contributed by atoms with Gasteiger partial charge in [-0.25, -0.2) is 0 Å². The fraction of sp³-hybridized carbons (Fsp3) is 0.909. The van der Waals surface area contributed by atoms with Crippen molar-refractivity contribution in [2.24, 2.45) is 5.41 Å². The molecule has 0 radical (unpaired) electrons. The second kappa shape index (κ2) is 4.65. The molecule has 0 saturated heterocycles. The van der Waals surface area contributed by atoms with E-state index in [0.29, 0.717) is 5.78 Å². The lowest BCUT2D eigenvalue weighted by Gasteiger charge is -2.46. The van der Waals surface area contributed by atoms with Crippen molar-refractivity contribution in [3.05, 3.63) is 0 Å². The van der Waals surface area contributed by atoms with E-state index in [1.807, 2.05) is 0 Å². The molecule has 0 spiro atoms. The van der Waals surface area contributed by atoms with Crippen LogP contribution in [0.5, 0.6) is 0 Å². The number of carbonyl (C=O) groups excluding carboxylic acids is 1. The number of rotatable bonds is 5. The summed E-state index contributed by atoms with van der Waals surface area (Å²) in [6.45, 7) is 4.29. The lowest BCUT2D eigenvalue weighted by atomic mass is 9.66. The van der Waals surface area contributed by atoms with E-state index < -0.39 is 3.23 Å². The van der Waals surface area contributed by atoms with Gasteiger partial charge in [0.25, 0.3) is 0 Å². The number of Topliss-reactive ketones (excluding diaryl/α,β-unsaturated/α-hetero) is 1. The number of alkyl halides is 2. The van der Waals surface area contributed by atoms with Gasteiger partial charge in [-0.1, -0.05) is 71.4 Å². The van der Waals surface area contributed by atoms with Crippen molar-refractivity contribution < 1.29 is 4.79 Å². The van der Waals surface area contributed by atoms with Gasteiger partial charge in [-0.05, 0) is 12.8 Å². The molecule has 1 aliphatic rings. The highest BCUT2D eigenvalue weighted by Crippen LogP contribution is 2.55. The van der Waals surface area contributed by atoms with Crippen molar-refractivity contribution in [1.82, 2.24) is 0 Å². The summed E-state index contributed by atoms with van der Waals surface area (Å²) >= 11 is 6.79. The van der Waals surface area contributed by atoms with Gasteiger partial charge in [-0.2, -0.15) is 0 Å². The Labute approximate surface area is 103 Å². The zero-order valence-corrected chi connectivity index (χ0v) is 12.1. The number of halogens is 2. The quantitative estimate of drug-likeness (QED) is 0.540. The van der Waals surface area contributed by atoms with E-state index >= 15 is 0 Å². The highest BCUT2D eigenvalue weighted by Gasteiger charge is 2.57. The molecule has 3 heteroatoms. The molecule has 0 aliphatic heterocycles. The normalized spacial score (nSPS) is 30.1. The number of carbonyl (C=O) groups is 1. The SMILES string of the molecule is CCCCCCC1(C)CC(Br)(Br)C1=O. The van der Waals surface area contributed by atoms with Crippen LogP contribution in [-0.2, 0) is 4.79 Å². The maximum Gasteiger partial charge on any atom is 0.166 e. The first-order valence-electron chi connectivity index (χ1n) is 5.35. The predicted octanol–water partition coefficient (Wildman–Crippen LogP) is 4.42. The topological polar surface area (TPSA) is 17.1 Å². The van der Waals surface area contributed by atoms with E-state index in [4.69, 9.17) is 0 Å². The molecule has 0 amide bonds. The van der Waals surface area contributed by atoms with Crippen LogP contribution in [0.3, 0.4) is 0 Å². The molecule has 1 atom stereocenters. The lowest BCUT2D eigenvalue weighted by molar-refractivity contribution is -0.137. The van der Waals surface area contributed by atoms with Crippen LogP contribution in [0.1, 0.15) is 52.4 Å². The predicted molar refractivity (Wildman–Crippen MR) is 67.1 cm³/mol. The van der Waals surface area contributed by atoms with E-state index in [0.717, 1.165) is 12.8 Å². The summed E-state index contributed by atoms with van der Waals surface area (Å²) in [6.07, 6.45) is 6.96. The summed E-state index contributed by atoms with van der Waals surface area (Å²) < 4.78 is -0.403. The summed E-state index contributed by atoms with van der Waals surface area (Å²) in [5.74, 6) is 0.321. The Morgan fingerprint density at radius 3 is 2.36 bits per heavy atom. The molecule has 1 nitrogen and oxygen atoms in total. The first kappa shape index (κ1) is 12.7. The summed E-state index contributed by atoms with van der Waals surface area (Å²) in [5.41, 5.74) is -0.0687. The molecule has 1 fully saturated rings. The number of hydrogen-bond donors (Lipinski definition) is 0. The van der Waals surface area contributed by atoms with Crippen molar-refractivity contribution in [3.63, 3.8) is 0 Å². The molecule has 1 aliphatic carbocycles. The van der Waals surface area contributed by atoms with Crippen LogP contribution in [0.2, 0.25) is 0 Å². The van der Waals surface area contributed by atoms with Gasteiger partial charge in [0.05, 0.1) is 0 Å². The van der Waals surface area contributed by atoms with Crippen LogP contribution in [0, 0.1) is 5.41 Å². The van der Waals surface area contributed by atoms with Gasteiger partial charge in [0, 0.05) is 5.41 Å². The number of ketones is 1. The lowest BCUT2D eigenvalue weighted by Crippen LogP contribution is -2.53. The van der Waals surface area contributed by atoms with Crippen molar-refractivity contribution in [1.29, 1.82) is 0 Å². The molecule has 0 N–H and O–H groups in total. The number of hydrogen-bond acceptors (Lipinski definition) is 1. The molecule has 0 bridgehead atoms. The van der Waals surface area contributed by atoms with E-state index in [1.54, 1.807) is 0 Å². The third-order valence-corrected chi connectivity index (χ3v) is 4.36. The summed E-state index contributed by atoms with van der Waals surface area (Å²) in [5, 5.41) is 0. The Kier molecular flexibility index (Phi) is 4.22. The van der Waals surface area contributed by atoms with E-state index in [9.17, 15) is 4.79 Å².